The SMILES string of the molecule is CC(C)S(=O)(=O)c1ccc(C(=O)N2CCC(NC(=O)NC3CCCCC3)CC2)cc1. The molecule has 1 aromatic carbocycles. The molecule has 1 aromatic rings. The highest BCUT2D eigenvalue weighted by Gasteiger charge is 2.26. The summed E-state index contributed by atoms with van der Waals surface area (Å²) in [5, 5.41) is 5.62. The molecule has 0 radical (unpaired) electrons. The lowest BCUT2D eigenvalue weighted by Crippen LogP contribution is -2.51. The van der Waals surface area contributed by atoms with Crippen LogP contribution in [0.5, 0.6) is 0 Å². The van der Waals surface area contributed by atoms with Gasteiger partial charge in [-0.05, 0) is 63.8 Å². The van der Waals surface area contributed by atoms with Crippen LogP contribution in [-0.2, 0) is 9.84 Å². The Labute approximate surface area is 179 Å². The van der Waals surface area contributed by atoms with E-state index in [0.717, 1.165) is 12.8 Å². The van der Waals surface area contributed by atoms with Gasteiger partial charge < -0.3 is 15.5 Å². The van der Waals surface area contributed by atoms with Crippen LogP contribution < -0.4 is 10.6 Å². The normalized spacial score (nSPS) is 19.0. The van der Waals surface area contributed by atoms with Crippen molar-refractivity contribution >= 4 is 21.8 Å². The fraction of sp³-hybridized carbons (Fsp3) is 0.636. The average molecular weight is 436 g/mol. The minimum Gasteiger partial charge on any atom is -0.338 e. The predicted octanol–water partition coefficient (Wildman–Crippen LogP) is 3.11. The number of piperidine rings is 1. The van der Waals surface area contributed by atoms with Crippen molar-refractivity contribution in [1.29, 1.82) is 0 Å². The van der Waals surface area contributed by atoms with Crippen LogP contribution in [0.25, 0.3) is 0 Å². The molecule has 3 rings (SSSR count). The minimum absolute atomic E-state index is 0.0659. The second-order valence-electron chi connectivity index (χ2n) is 8.64. The Kier molecular flexibility index (Phi) is 7.39. The van der Waals surface area contributed by atoms with Crippen molar-refractivity contribution in [3.8, 4) is 0 Å². The molecule has 3 amide bonds. The molecule has 0 unspecified atom stereocenters. The van der Waals surface area contributed by atoms with Crippen molar-refractivity contribution in [2.45, 2.75) is 81.0 Å². The Balaban J connectivity index is 1.48. The number of sulfone groups is 1. The summed E-state index contributed by atoms with van der Waals surface area (Å²) in [5.41, 5.74) is 0.485. The Morgan fingerprint density at radius 3 is 1.97 bits per heavy atom. The van der Waals surface area contributed by atoms with E-state index >= 15 is 0 Å². The molecule has 0 spiro atoms. The van der Waals surface area contributed by atoms with Gasteiger partial charge in [-0.2, -0.15) is 0 Å². The number of benzene rings is 1. The number of nitrogens with zero attached hydrogens (tertiary/aromatic N) is 1. The first-order valence-corrected chi connectivity index (χ1v) is 12.5. The van der Waals surface area contributed by atoms with Crippen LogP contribution in [0.15, 0.2) is 29.2 Å². The van der Waals surface area contributed by atoms with Crippen LogP contribution >= 0.6 is 0 Å². The monoisotopic (exact) mass is 435 g/mol. The van der Waals surface area contributed by atoms with Gasteiger partial charge >= 0.3 is 6.03 Å². The third-order valence-electron chi connectivity index (χ3n) is 6.11. The number of rotatable bonds is 5. The van der Waals surface area contributed by atoms with E-state index in [0.29, 0.717) is 31.5 Å². The van der Waals surface area contributed by atoms with Gasteiger partial charge in [0, 0.05) is 30.7 Å². The smallest absolute Gasteiger partial charge is 0.315 e. The van der Waals surface area contributed by atoms with E-state index in [9.17, 15) is 18.0 Å². The summed E-state index contributed by atoms with van der Waals surface area (Å²) in [6.45, 7) is 4.42. The molecule has 1 saturated carbocycles. The van der Waals surface area contributed by atoms with E-state index in [-0.39, 0.29) is 28.9 Å². The number of hydrogen-bond acceptors (Lipinski definition) is 4. The highest BCUT2D eigenvalue weighted by Crippen LogP contribution is 2.20. The Hall–Kier alpha value is -2.09. The molecule has 166 valence electrons. The van der Waals surface area contributed by atoms with Gasteiger partial charge in [-0.1, -0.05) is 19.3 Å². The summed E-state index contributed by atoms with van der Waals surface area (Å²) in [6.07, 6.45) is 7.14. The van der Waals surface area contributed by atoms with Crippen LogP contribution in [0.1, 0.15) is 69.2 Å². The maximum Gasteiger partial charge on any atom is 0.315 e. The van der Waals surface area contributed by atoms with Crippen molar-refractivity contribution in [3.63, 3.8) is 0 Å². The van der Waals surface area contributed by atoms with Crippen molar-refractivity contribution < 1.29 is 18.0 Å². The molecule has 1 heterocycles. The fourth-order valence-corrected chi connectivity index (χ4v) is 5.19. The van der Waals surface area contributed by atoms with Crippen molar-refractivity contribution in [1.82, 2.24) is 15.5 Å². The van der Waals surface area contributed by atoms with Crippen molar-refractivity contribution in [3.05, 3.63) is 29.8 Å². The zero-order valence-corrected chi connectivity index (χ0v) is 18.7. The van der Waals surface area contributed by atoms with Gasteiger partial charge in [0.2, 0.25) is 0 Å². The quantitative estimate of drug-likeness (QED) is 0.743. The van der Waals surface area contributed by atoms with E-state index < -0.39 is 15.1 Å². The maximum atomic E-state index is 12.8. The van der Waals surface area contributed by atoms with Gasteiger partial charge in [0.1, 0.15) is 0 Å². The first kappa shape index (κ1) is 22.6. The molecule has 2 aliphatic rings. The number of likely N-dealkylation sites (tertiary alicyclic amines) is 1. The first-order chi connectivity index (χ1) is 14.3. The second-order valence-corrected chi connectivity index (χ2v) is 11.1. The number of urea groups is 1. The average Bonchev–Trinajstić information content (AvgIpc) is 2.74. The number of amides is 3. The molecule has 1 aliphatic carbocycles. The largest absolute Gasteiger partial charge is 0.338 e. The van der Waals surface area contributed by atoms with Crippen LogP contribution in [0.4, 0.5) is 4.79 Å². The predicted molar refractivity (Wildman–Crippen MR) is 116 cm³/mol. The summed E-state index contributed by atoms with van der Waals surface area (Å²) in [7, 11) is -3.35. The van der Waals surface area contributed by atoms with Crippen LogP contribution in [0.3, 0.4) is 0 Å². The van der Waals surface area contributed by atoms with Gasteiger partial charge in [-0.15, -0.1) is 0 Å². The molecule has 0 atom stereocenters. The third-order valence-corrected chi connectivity index (χ3v) is 8.28. The molecule has 7 nitrogen and oxygen atoms in total. The number of carbonyl (C=O) groups is 2. The van der Waals surface area contributed by atoms with Gasteiger partial charge in [0.25, 0.3) is 5.91 Å². The molecular formula is C22H33N3O4S. The summed E-state index contributed by atoms with van der Waals surface area (Å²) in [6, 6.07) is 6.42. The molecule has 2 N–H and O–H groups in total. The van der Waals surface area contributed by atoms with Crippen LogP contribution in [0, 0.1) is 0 Å². The maximum absolute atomic E-state index is 12.8. The summed E-state index contributed by atoms with van der Waals surface area (Å²) in [4.78, 5) is 27.0. The zero-order valence-electron chi connectivity index (χ0n) is 17.9. The van der Waals surface area contributed by atoms with Gasteiger partial charge in [-0.3, -0.25) is 4.79 Å². The Bertz CT molecular complexity index is 838. The molecule has 2 fully saturated rings. The van der Waals surface area contributed by atoms with E-state index in [1.165, 1.54) is 31.4 Å². The van der Waals surface area contributed by atoms with E-state index in [1.54, 1.807) is 30.9 Å². The Morgan fingerprint density at radius 2 is 1.43 bits per heavy atom. The standard InChI is InChI=1S/C22H33N3O4S/c1-16(2)30(28,29)20-10-8-17(9-11-20)21(26)25-14-12-19(13-15-25)24-22(27)23-18-6-4-3-5-7-18/h8-11,16,18-19H,3-7,12-15H2,1-2H3,(H2,23,24,27). The number of nitrogens with one attached hydrogen (secondary N) is 2. The summed E-state index contributed by atoms with van der Waals surface area (Å²) in [5.74, 6) is -0.103. The van der Waals surface area contributed by atoms with E-state index in [2.05, 4.69) is 10.6 Å². The topological polar surface area (TPSA) is 95.6 Å². The van der Waals surface area contributed by atoms with Gasteiger partial charge in [-0.25, -0.2) is 13.2 Å². The zero-order chi connectivity index (χ0) is 21.7. The van der Waals surface area contributed by atoms with Gasteiger partial charge in [0.05, 0.1) is 10.1 Å². The Morgan fingerprint density at radius 1 is 0.900 bits per heavy atom. The van der Waals surface area contributed by atoms with Crippen molar-refractivity contribution in [2.24, 2.45) is 0 Å². The van der Waals surface area contributed by atoms with E-state index in [4.69, 9.17) is 0 Å². The highest BCUT2D eigenvalue weighted by molar-refractivity contribution is 7.92. The molecule has 1 aliphatic heterocycles. The second kappa shape index (κ2) is 9.81. The molecular weight excluding hydrogens is 402 g/mol. The first-order valence-electron chi connectivity index (χ1n) is 11.0. The van der Waals surface area contributed by atoms with Crippen LogP contribution in [0.2, 0.25) is 0 Å². The lowest BCUT2D eigenvalue weighted by molar-refractivity contribution is 0.0708. The highest BCUT2D eigenvalue weighted by atomic mass is 32.2. The van der Waals surface area contributed by atoms with E-state index in [1.807, 2.05) is 0 Å². The minimum atomic E-state index is -3.35. The molecule has 1 saturated heterocycles. The molecule has 30 heavy (non-hydrogen) atoms. The van der Waals surface area contributed by atoms with Crippen LogP contribution in [-0.4, -0.2) is 55.7 Å². The van der Waals surface area contributed by atoms with Crippen molar-refractivity contribution in [2.75, 3.05) is 13.1 Å². The number of carbonyl (C=O) groups excluding carboxylic acids is 2. The summed E-state index contributed by atoms with van der Waals surface area (Å²) >= 11 is 0. The van der Waals surface area contributed by atoms with Gasteiger partial charge in [0.15, 0.2) is 9.84 Å². The molecule has 8 heteroatoms. The molecule has 0 aromatic heterocycles. The lowest BCUT2D eigenvalue weighted by atomic mass is 9.96. The fourth-order valence-electron chi connectivity index (χ4n) is 4.13. The molecule has 0 bridgehead atoms. The third kappa shape index (κ3) is 5.53. The summed E-state index contributed by atoms with van der Waals surface area (Å²) < 4.78 is 24.5. The lowest BCUT2D eigenvalue weighted by Gasteiger charge is -2.33. The number of hydrogen-bond donors (Lipinski definition) is 2.